The van der Waals surface area contributed by atoms with Crippen molar-refractivity contribution in [1.82, 2.24) is 10.2 Å². The highest BCUT2D eigenvalue weighted by atomic mass is 32.2. The lowest BCUT2D eigenvalue weighted by atomic mass is 10.1. The molecule has 2 bridgehead atoms. The minimum atomic E-state index is -0.0343. The summed E-state index contributed by atoms with van der Waals surface area (Å²) in [5.74, 6) is 0.112. The Bertz CT molecular complexity index is 477. The molecule has 0 aromatic heterocycles. The van der Waals surface area contributed by atoms with E-state index >= 15 is 0 Å². The number of hydrogen-bond acceptors (Lipinski definition) is 4. The van der Waals surface area contributed by atoms with Crippen LogP contribution in [0.2, 0.25) is 0 Å². The Hall–Kier alpha value is -1.04. The third kappa shape index (κ3) is 3.16. The molecule has 0 radical (unpaired) electrons. The fourth-order valence-electron chi connectivity index (χ4n) is 2.84. The van der Waals surface area contributed by atoms with Gasteiger partial charge in [0.15, 0.2) is 0 Å². The lowest BCUT2D eigenvalue weighted by Crippen LogP contribution is -2.41. The van der Waals surface area contributed by atoms with Gasteiger partial charge in [-0.15, -0.1) is 11.8 Å². The Morgan fingerprint density at radius 1 is 1.30 bits per heavy atom. The van der Waals surface area contributed by atoms with Crippen molar-refractivity contribution >= 4 is 17.7 Å². The fraction of sp³-hybridized carbons (Fsp3) is 0.533. The van der Waals surface area contributed by atoms with Crippen molar-refractivity contribution in [3.05, 3.63) is 29.8 Å². The van der Waals surface area contributed by atoms with Gasteiger partial charge in [-0.25, -0.2) is 0 Å². The molecule has 0 saturated carbocycles. The zero-order valence-corrected chi connectivity index (χ0v) is 12.5. The van der Waals surface area contributed by atoms with Gasteiger partial charge in [0.05, 0.1) is 25.2 Å². The van der Waals surface area contributed by atoms with Crippen molar-refractivity contribution < 1.29 is 9.53 Å². The summed E-state index contributed by atoms with van der Waals surface area (Å²) in [6.45, 7) is 3.73. The largest absolute Gasteiger partial charge is 0.378 e. The van der Waals surface area contributed by atoms with Gasteiger partial charge >= 0.3 is 0 Å². The van der Waals surface area contributed by atoms with E-state index in [9.17, 15) is 4.79 Å². The van der Waals surface area contributed by atoms with Crippen molar-refractivity contribution in [2.24, 2.45) is 5.92 Å². The zero-order chi connectivity index (χ0) is 13.9. The lowest BCUT2D eigenvalue weighted by Gasteiger charge is -2.27. The minimum absolute atomic E-state index is 0.0343. The number of benzene rings is 1. The highest BCUT2D eigenvalue weighted by molar-refractivity contribution is 7.98. The first kappa shape index (κ1) is 13.9. The monoisotopic (exact) mass is 292 g/mol. The molecule has 4 nitrogen and oxygen atoms in total. The molecule has 3 rings (SSSR count). The van der Waals surface area contributed by atoms with Crippen LogP contribution in [0.4, 0.5) is 0 Å². The Morgan fingerprint density at radius 2 is 2.10 bits per heavy atom. The van der Waals surface area contributed by atoms with E-state index in [1.807, 2.05) is 0 Å². The molecule has 1 N–H and O–H groups in total. The molecule has 1 amide bonds. The van der Waals surface area contributed by atoms with Gasteiger partial charge in [0, 0.05) is 24.5 Å². The van der Waals surface area contributed by atoms with E-state index < -0.39 is 0 Å². The summed E-state index contributed by atoms with van der Waals surface area (Å²) in [5.41, 5.74) is 1.30. The Morgan fingerprint density at radius 3 is 2.85 bits per heavy atom. The van der Waals surface area contributed by atoms with E-state index in [4.69, 9.17) is 4.74 Å². The highest BCUT2D eigenvalue weighted by Gasteiger charge is 2.32. The second-order valence-electron chi connectivity index (χ2n) is 5.48. The van der Waals surface area contributed by atoms with Crippen molar-refractivity contribution in [3.63, 3.8) is 0 Å². The number of hydrogen-bond donors (Lipinski definition) is 1. The quantitative estimate of drug-likeness (QED) is 0.854. The van der Waals surface area contributed by atoms with Crippen LogP contribution in [0, 0.1) is 5.92 Å². The fourth-order valence-corrected chi connectivity index (χ4v) is 3.25. The van der Waals surface area contributed by atoms with Gasteiger partial charge in [-0.1, -0.05) is 12.1 Å². The van der Waals surface area contributed by atoms with E-state index in [-0.39, 0.29) is 17.9 Å². The van der Waals surface area contributed by atoms with Gasteiger partial charge in [-0.2, -0.15) is 0 Å². The van der Waals surface area contributed by atoms with Gasteiger partial charge in [-0.3, -0.25) is 9.69 Å². The van der Waals surface area contributed by atoms with Gasteiger partial charge in [0.2, 0.25) is 5.91 Å². The zero-order valence-electron chi connectivity index (χ0n) is 11.7. The van der Waals surface area contributed by atoms with Crippen LogP contribution < -0.4 is 5.32 Å². The summed E-state index contributed by atoms with van der Waals surface area (Å²) >= 11 is 1.76. The number of carbonyl (C=O) groups excluding carboxylic acids is 1. The SMILES string of the molecule is CSc1ccc(CN2C[C@H]3COC[C@@H](C2)C(=O)N3)cc1. The van der Waals surface area contributed by atoms with Gasteiger partial charge in [0.25, 0.3) is 0 Å². The second-order valence-corrected chi connectivity index (χ2v) is 6.36. The molecule has 1 aromatic rings. The van der Waals surface area contributed by atoms with E-state index in [0.717, 1.165) is 19.6 Å². The van der Waals surface area contributed by atoms with Crippen LogP contribution in [0.25, 0.3) is 0 Å². The maximum Gasteiger partial charge on any atom is 0.227 e. The lowest BCUT2D eigenvalue weighted by molar-refractivity contribution is -0.125. The topological polar surface area (TPSA) is 41.6 Å². The molecule has 108 valence electrons. The first-order valence-corrected chi connectivity index (χ1v) is 8.20. The molecular formula is C15H20N2O2S. The average Bonchev–Trinajstić information content (AvgIpc) is 2.68. The number of ether oxygens (including phenoxy) is 1. The van der Waals surface area contributed by atoms with Gasteiger partial charge < -0.3 is 10.1 Å². The molecule has 0 aliphatic carbocycles. The molecule has 1 aromatic carbocycles. The number of amides is 1. The molecule has 5 heteroatoms. The molecule has 2 fully saturated rings. The normalized spacial score (nSPS) is 26.9. The molecule has 2 atom stereocenters. The van der Waals surface area contributed by atoms with Crippen LogP contribution in [-0.2, 0) is 16.1 Å². The Balaban J connectivity index is 1.69. The predicted molar refractivity (Wildman–Crippen MR) is 79.7 cm³/mol. The minimum Gasteiger partial charge on any atom is -0.378 e. The van der Waals surface area contributed by atoms with Gasteiger partial charge in [0.1, 0.15) is 0 Å². The van der Waals surface area contributed by atoms with E-state index in [2.05, 4.69) is 40.7 Å². The third-order valence-corrected chi connectivity index (χ3v) is 4.62. The van der Waals surface area contributed by atoms with Crippen LogP contribution in [-0.4, -0.2) is 49.4 Å². The molecule has 0 spiro atoms. The summed E-state index contributed by atoms with van der Waals surface area (Å²) in [4.78, 5) is 15.6. The molecule has 0 unspecified atom stereocenters. The molecule has 2 saturated heterocycles. The third-order valence-electron chi connectivity index (χ3n) is 3.88. The number of nitrogens with zero attached hydrogens (tertiary/aromatic N) is 1. The average molecular weight is 292 g/mol. The molecule has 20 heavy (non-hydrogen) atoms. The van der Waals surface area contributed by atoms with Crippen LogP contribution in [0.5, 0.6) is 0 Å². The maximum atomic E-state index is 12.0. The summed E-state index contributed by atoms with van der Waals surface area (Å²) in [5, 5.41) is 3.07. The van der Waals surface area contributed by atoms with Crippen molar-refractivity contribution in [3.8, 4) is 0 Å². The first-order chi connectivity index (χ1) is 9.74. The predicted octanol–water partition coefficient (Wildman–Crippen LogP) is 1.36. The first-order valence-electron chi connectivity index (χ1n) is 6.98. The number of rotatable bonds is 3. The van der Waals surface area contributed by atoms with Crippen molar-refractivity contribution in [2.45, 2.75) is 17.5 Å². The van der Waals surface area contributed by atoms with Crippen LogP contribution >= 0.6 is 11.8 Å². The number of fused-ring (bicyclic) bond motifs is 3. The van der Waals surface area contributed by atoms with Crippen LogP contribution in [0.15, 0.2) is 29.2 Å². The summed E-state index contributed by atoms with van der Waals surface area (Å²) in [6, 6.07) is 8.80. The summed E-state index contributed by atoms with van der Waals surface area (Å²) in [7, 11) is 0. The summed E-state index contributed by atoms with van der Waals surface area (Å²) in [6.07, 6.45) is 2.09. The molecular weight excluding hydrogens is 272 g/mol. The van der Waals surface area contributed by atoms with E-state index in [0.29, 0.717) is 13.2 Å². The standard InChI is InChI=1S/C15H20N2O2S/c1-20-14-4-2-11(3-5-14)6-17-7-12-9-19-10-13(8-17)16-15(12)18/h2-5,12-13H,6-10H2,1H3,(H,16,18)/t12-,13+/m1/s1. The van der Waals surface area contributed by atoms with E-state index in [1.54, 1.807) is 11.8 Å². The Kier molecular flexibility index (Phi) is 4.29. The molecule has 2 aliphatic rings. The number of nitrogens with one attached hydrogen (secondary N) is 1. The smallest absolute Gasteiger partial charge is 0.227 e. The highest BCUT2D eigenvalue weighted by Crippen LogP contribution is 2.19. The number of carbonyl (C=O) groups is 1. The second kappa shape index (κ2) is 6.16. The number of thioether (sulfide) groups is 1. The van der Waals surface area contributed by atoms with Crippen LogP contribution in [0.1, 0.15) is 5.56 Å². The van der Waals surface area contributed by atoms with Crippen LogP contribution in [0.3, 0.4) is 0 Å². The maximum absolute atomic E-state index is 12.0. The summed E-state index contributed by atoms with van der Waals surface area (Å²) < 4.78 is 5.55. The Labute approximate surface area is 123 Å². The van der Waals surface area contributed by atoms with E-state index in [1.165, 1.54) is 10.5 Å². The van der Waals surface area contributed by atoms with Crippen molar-refractivity contribution in [2.75, 3.05) is 32.6 Å². The molecule has 2 aliphatic heterocycles. The van der Waals surface area contributed by atoms with Gasteiger partial charge in [-0.05, 0) is 24.0 Å². The molecule has 2 heterocycles. The van der Waals surface area contributed by atoms with Crippen molar-refractivity contribution in [1.29, 1.82) is 0 Å².